The molecule has 2 aromatic carbocycles. The van der Waals surface area contributed by atoms with Crippen molar-refractivity contribution >= 4 is 55.5 Å². The number of pyridine rings is 1. The number of aromatic amines is 1. The molecular formula is C36H43BrF3N9O3. The maximum absolute atomic E-state index is 14.1. The van der Waals surface area contributed by atoms with Gasteiger partial charge in [-0.2, -0.15) is 13.2 Å². The summed E-state index contributed by atoms with van der Waals surface area (Å²) in [4.78, 5) is 56.6. The van der Waals surface area contributed by atoms with Gasteiger partial charge in [-0.3, -0.25) is 19.2 Å². The molecule has 7 rings (SSSR count). The van der Waals surface area contributed by atoms with E-state index >= 15 is 0 Å². The smallest absolute Gasteiger partial charge is 0.397 e. The van der Waals surface area contributed by atoms with Gasteiger partial charge in [-0.05, 0) is 85.5 Å². The molecule has 52 heavy (non-hydrogen) atoms. The zero-order valence-corrected chi connectivity index (χ0v) is 30.5. The molecule has 3 amide bonds. The molecule has 3 saturated heterocycles. The van der Waals surface area contributed by atoms with Crippen molar-refractivity contribution in [1.29, 1.82) is 0 Å². The minimum absolute atomic E-state index is 0.0689. The number of benzene rings is 2. The summed E-state index contributed by atoms with van der Waals surface area (Å²) >= 11 is 3.15. The van der Waals surface area contributed by atoms with Crippen molar-refractivity contribution in [3.8, 4) is 0 Å². The van der Waals surface area contributed by atoms with Gasteiger partial charge in [0.25, 0.3) is 0 Å². The molecule has 0 bridgehead atoms. The van der Waals surface area contributed by atoms with Gasteiger partial charge in [-0.15, -0.1) is 0 Å². The predicted molar refractivity (Wildman–Crippen MR) is 196 cm³/mol. The van der Waals surface area contributed by atoms with Crippen molar-refractivity contribution in [1.82, 2.24) is 39.5 Å². The topological polar surface area (TPSA) is 136 Å². The molecule has 0 aliphatic carbocycles. The molecule has 278 valence electrons. The Hall–Kier alpha value is -4.15. The molecule has 2 aromatic heterocycles. The lowest BCUT2D eigenvalue weighted by molar-refractivity contribution is -0.137. The minimum Gasteiger partial charge on any atom is -0.397 e. The van der Waals surface area contributed by atoms with Crippen LogP contribution in [-0.2, 0) is 17.4 Å². The van der Waals surface area contributed by atoms with Gasteiger partial charge < -0.3 is 30.7 Å². The zero-order chi connectivity index (χ0) is 36.7. The highest BCUT2D eigenvalue weighted by molar-refractivity contribution is 9.10. The Morgan fingerprint density at radius 2 is 1.65 bits per heavy atom. The zero-order valence-electron chi connectivity index (χ0n) is 29.0. The van der Waals surface area contributed by atoms with Crippen LogP contribution in [-0.4, -0.2) is 118 Å². The molecular weight excluding hydrogens is 743 g/mol. The van der Waals surface area contributed by atoms with Gasteiger partial charge >= 0.3 is 17.9 Å². The third-order valence-electron chi connectivity index (χ3n) is 10.9. The fourth-order valence-corrected chi connectivity index (χ4v) is 8.51. The van der Waals surface area contributed by atoms with Crippen LogP contribution < -0.4 is 16.7 Å². The number of H-pyrrole nitrogens is 1. The summed E-state index contributed by atoms with van der Waals surface area (Å²) in [6.45, 7) is 5.00. The first-order valence-electron chi connectivity index (χ1n) is 17.8. The van der Waals surface area contributed by atoms with Crippen LogP contribution in [0.3, 0.4) is 0 Å². The summed E-state index contributed by atoms with van der Waals surface area (Å²) in [5, 5.41) is 3.73. The Labute approximate surface area is 307 Å². The van der Waals surface area contributed by atoms with Crippen LogP contribution in [0.15, 0.2) is 51.9 Å². The fraction of sp³-hybridized carbons (Fsp3) is 0.500. The van der Waals surface area contributed by atoms with E-state index in [0.29, 0.717) is 69.2 Å². The van der Waals surface area contributed by atoms with E-state index in [1.54, 1.807) is 20.6 Å². The number of hydrogen-bond acceptors (Lipinski definition) is 7. The Kier molecular flexibility index (Phi) is 10.2. The third-order valence-corrected chi connectivity index (χ3v) is 11.6. The molecule has 12 nitrogen and oxygen atoms in total. The Morgan fingerprint density at radius 1 is 0.981 bits per heavy atom. The average molecular weight is 787 g/mol. The van der Waals surface area contributed by atoms with Crippen LogP contribution in [0.4, 0.5) is 23.7 Å². The maximum Gasteiger partial charge on any atom is 0.418 e. The summed E-state index contributed by atoms with van der Waals surface area (Å²) in [5.74, 6) is -0.335. The number of likely N-dealkylation sites (tertiary alicyclic amines) is 2. The highest BCUT2D eigenvalue weighted by Gasteiger charge is 2.37. The van der Waals surface area contributed by atoms with Crippen LogP contribution in [0.5, 0.6) is 0 Å². The molecule has 3 fully saturated rings. The first kappa shape index (κ1) is 36.2. The first-order valence-corrected chi connectivity index (χ1v) is 18.6. The number of anilines is 1. The van der Waals surface area contributed by atoms with Gasteiger partial charge in [0, 0.05) is 67.6 Å². The molecule has 4 N–H and O–H groups in total. The number of halogens is 4. The van der Waals surface area contributed by atoms with Gasteiger partial charge in [-0.1, -0.05) is 18.2 Å². The van der Waals surface area contributed by atoms with E-state index in [1.807, 2.05) is 24.3 Å². The van der Waals surface area contributed by atoms with Gasteiger partial charge in [0.2, 0.25) is 5.91 Å². The van der Waals surface area contributed by atoms with Gasteiger partial charge in [0.05, 0.1) is 34.0 Å². The normalized spacial score (nSPS) is 19.4. The largest absolute Gasteiger partial charge is 0.418 e. The number of amides is 3. The molecule has 3 aliphatic rings. The lowest BCUT2D eigenvalue weighted by Gasteiger charge is -2.43. The van der Waals surface area contributed by atoms with Crippen LogP contribution in [0, 0.1) is 0 Å². The number of nitrogens with one attached hydrogen (secondary N) is 2. The van der Waals surface area contributed by atoms with Crippen LogP contribution in [0.1, 0.15) is 42.9 Å². The van der Waals surface area contributed by atoms with Gasteiger partial charge in [-0.25, -0.2) is 9.59 Å². The summed E-state index contributed by atoms with van der Waals surface area (Å²) in [7, 11) is 2.12. The molecule has 4 aromatic rings. The van der Waals surface area contributed by atoms with E-state index in [-0.39, 0.29) is 34.1 Å². The number of piperazine rings is 1. The van der Waals surface area contributed by atoms with E-state index in [4.69, 9.17) is 5.73 Å². The fourth-order valence-electron chi connectivity index (χ4n) is 8.00. The monoisotopic (exact) mass is 785 g/mol. The number of hydrogen-bond donors (Lipinski definition) is 3. The summed E-state index contributed by atoms with van der Waals surface area (Å²) in [5.41, 5.74) is 6.49. The van der Waals surface area contributed by atoms with Crippen molar-refractivity contribution in [3.05, 3.63) is 68.7 Å². The maximum atomic E-state index is 14.1. The lowest BCUT2D eigenvalue weighted by atomic mass is 10.00. The molecule has 1 atom stereocenters. The first-order chi connectivity index (χ1) is 24.9. The van der Waals surface area contributed by atoms with E-state index in [0.717, 1.165) is 42.9 Å². The molecule has 0 saturated carbocycles. The highest BCUT2D eigenvalue weighted by atomic mass is 79.9. The number of nitrogens with two attached hydrogens (primary N) is 1. The Balaban J connectivity index is 1.06. The number of urea groups is 1. The molecule has 1 unspecified atom stereocenters. The SMILES string of the molecule is CN1CCC(N2CCN(C(=O)C(Cc3cc(Br)c(N)c(C(F)(F)F)c3)NC(=O)N3CCC(n4c(=O)[nH]c5c6ccccc6ncc54)CC3)CC2)CC1. The lowest BCUT2D eigenvalue weighted by Crippen LogP contribution is -2.59. The van der Waals surface area contributed by atoms with E-state index in [2.05, 4.69) is 48.1 Å². The number of alkyl halides is 3. The van der Waals surface area contributed by atoms with E-state index < -0.39 is 29.5 Å². The number of piperidine rings is 2. The standard InChI is InChI=1S/C36H43BrF3N9O3/c1-45-10-6-23(7-11-45)46-14-16-47(17-15-46)33(50)29(20-22-18-26(36(38,39)40)31(41)27(37)19-22)43-34(51)48-12-8-24(9-13-48)49-30-21-42-28-5-3-2-4-25(28)32(30)44-35(49)52/h2-5,18-19,21,23-24,29H,6-17,20,41H2,1H3,(H,43,51)(H,44,52). The molecule has 0 spiro atoms. The van der Waals surface area contributed by atoms with E-state index in [1.165, 1.54) is 6.07 Å². The summed E-state index contributed by atoms with van der Waals surface area (Å²) < 4.78 is 43.4. The van der Waals surface area contributed by atoms with Crippen molar-refractivity contribution in [2.75, 3.05) is 65.1 Å². The minimum atomic E-state index is -4.70. The molecule has 16 heteroatoms. The second-order valence-electron chi connectivity index (χ2n) is 14.2. The number of para-hydroxylation sites is 1. The van der Waals surface area contributed by atoms with Crippen molar-refractivity contribution < 1.29 is 22.8 Å². The number of imidazole rings is 1. The van der Waals surface area contributed by atoms with Gasteiger partial charge in [0.15, 0.2) is 0 Å². The van der Waals surface area contributed by atoms with Crippen LogP contribution >= 0.6 is 15.9 Å². The predicted octanol–water partition coefficient (Wildman–Crippen LogP) is 4.44. The summed E-state index contributed by atoms with van der Waals surface area (Å²) in [6.07, 6.45) is -0.0425. The second kappa shape index (κ2) is 14.7. The number of nitrogens with zero attached hydrogens (tertiary/aromatic N) is 6. The molecule has 0 radical (unpaired) electrons. The molecule has 3 aliphatic heterocycles. The molecule has 5 heterocycles. The number of fused-ring (bicyclic) bond motifs is 3. The number of nitrogen functional groups attached to an aromatic ring is 1. The van der Waals surface area contributed by atoms with Crippen molar-refractivity contribution in [2.45, 2.75) is 56.4 Å². The number of carbonyl (C=O) groups excluding carboxylic acids is 2. The highest BCUT2D eigenvalue weighted by Crippen LogP contribution is 2.38. The second-order valence-corrected chi connectivity index (χ2v) is 15.0. The number of rotatable bonds is 6. The number of aromatic nitrogens is 3. The third kappa shape index (κ3) is 7.37. The van der Waals surface area contributed by atoms with Crippen LogP contribution in [0.25, 0.3) is 21.9 Å². The number of carbonyl (C=O) groups is 2. The Bertz CT molecular complexity index is 2010. The van der Waals surface area contributed by atoms with Crippen molar-refractivity contribution in [2.24, 2.45) is 0 Å². The average Bonchev–Trinajstić information content (AvgIpc) is 3.48. The Morgan fingerprint density at radius 3 is 2.35 bits per heavy atom. The van der Waals surface area contributed by atoms with E-state index in [9.17, 15) is 27.6 Å². The van der Waals surface area contributed by atoms with Crippen LogP contribution in [0.2, 0.25) is 0 Å². The van der Waals surface area contributed by atoms with Gasteiger partial charge in [0.1, 0.15) is 6.04 Å². The van der Waals surface area contributed by atoms with Crippen molar-refractivity contribution in [3.63, 3.8) is 0 Å². The quantitative estimate of drug-likeness (QED) is 0.246. The summed E-state index contributed by atoms with van der Waals surface area (Å²) in [6, 6.07) is 8.70.